The maximum atomic E-state index is 12.5. The first-order chi connectivity index (χ1) is 9.96. The molecule has 0 N–H and O–H groups in total. The number of fused-ring (bicyclic) bond motifs is 6. The van der Waals surface area contributed by atoms with Gasteiger partial charge in [0.2, 0.25) is 0 Å². The fraction of sp³-hybridized carbons (Fsp3) is 0.737. The lowest BCUT2D eigenvalue weighted by atomic mass is 9.76. The van der Waals surface area contributed by atoms with Crippen molar-refractivity contribution < 1.29 is 4.79 Å². The summed E-state index contributed by atoms with van der Waals surface area (Å²) >= 11 is 0. The Morgan fingerprint density at radius 1 is 1.14 bits per heavy atom. The second-order valence-corrected chi connectivity index (χ2v) is 8.94. The highest BCUT2D eigenvalue weighted by Gasteiger charge is 2.66. The van der Waals surface area contributed by atoms with E-state index in [0.717, 1.165) is 41.7 Å². The summed E-state index contributed by atoms with van der Waals surface area (Å²) in [6.07, 6.45) is 6.22. The second-order valence-electron chi connectivity index (χ2n) is 8.94. The van der Waals surface area contributed by atoms with Gasteiger partial charge >= 0.3 is 0 Å². The SMILES string of the molecule is Cc1cc2c(n1C1C3C4CCC(C4)C31)CC(C)(C)CC2=O. The monoisotopic (exact) mass is 283 g/mol. The van der Waals surface area contributed by atoms with Gasteiger partial charge in [0.1, 0.15) is 0 Å². The molecule has 0 saturated heterocycles. The molecule has 2 nitrogen and oxygen atoms in total. The topological polar surface area (TPSA) is 22.0 Å². The van der Waals surface area contributed by atoms with Gasteiger partial charge in [0.05, 0.1) is 0 Å². The van der Waals surface area contributed by atoms with Gasteiger partial charge in [-0.2, -0.15) is 0 Å². The molecule has 4 aliphatic rings. The van der Waals surface area contributed by atoms with Gasteiger partial charge in [-0.25, -0.2) is 0 Å². The van der Waals surface area contributed by atoms with Crippen LogP contribution in [0.3, 0.4) is 0 Å². The number of hydrogen-bond donors (Lipinski definition) is 0. The first-order valence-electron chi connectivity index (χ1n) is 8.70. The second kappa shape index (κ2) is 3.64. The minimum atomic E-state index is 0.135. The van der Waals surface area contributed by atoms with Gasteiger partial charge in [0, 0.05) is 29.4 Å². The van der Waals surface area contributed by atoms with Gasteiger partial charge < -0.3 is 4.57 Å². The van der Waals surface area contributed by atoms with E-state index in [-0.39, 0.29) is 5.41 Å². The minimum absolute atomic E-state index is 0.135. The summed E-state index contributed by atoms with van der Waals surface area (Å²) in [4.78, 5) is 12.5. The van der Waals surface area contributed by atoms with E-state index in [1.165, 1.54) is 30.7 Å². The molecule has 0 aliphatic heterocycles. The molecule has 1 heterocycles. The van der Waals surface area contributed by atoms with E-state index in [1.54, 1.807) is 0 Å². The zero-order chi connectivity index (χ0) is 14.5. The van der Waals surface area contributed by atoms with Crippen molar-refractivity contribution >= 4 is 5.78 Å². The van der Waals surface area contributed by atoms with Crippen molar-refractivity contribution in [1.29, 1.82) is 0 Å². The zero-order valence-electron chi connectivity index (χ0n) is 13.4. The highest BCUT2D eigenvalue weighted by molar-refractivity contribution is 5.99. The molecule has 0 spiro atoms. The zero-order valence-corrected chi connectivity index (χ0v) is 13.4. The smallest absolute Gasteiger partial charge is 0.165 e. The predicted molar refractivity (Wildman–Crippen MR) is 82.4 cm³/mol. The first-order valence-corrected chi connectivity index (χ1v) is 8.70. The Bertz CT molecular complexity index is 637. The highest BCUT2D eigenvalue weighted by atomic mass is 16.1. The molecule has 3 saturated carbocycles. The molecule has 0 radical (unpaired) electrons. The number of carbonyl (C=O) groups is 1. The van der Waals surface area contributed by atoms with Crippen LogP contribution in [0.25, 0.3) is 0 Å². The molecule has 5 rings (SSSR count). The summed E-state index contributed by atoms with van der Waals surface area (Å²) in [5.41, 5.74) is 3.89. The quantitative estimate of drug-likeness (QED) is 0.758. The van der Waals surface area contributed by atoms with Crippen LogP contribution in [-0.2, 0) is 6.42 Å². The molecule has 2 heteroatoms. The average Bonchev–Trinajstić information content (AvgIpc) is 2.72. The highest BCUT2D eigenvalue weighted by Crippen LogP contribution is 2.72. The number of carbonyl (C=O) groups excluding carboxylic acids is 1. The molecule has 4 atom stereocenters. The molecule has 4 unspecified atom stereocenters. The fourth-order valence-corrected chi connectivity index (χ4v) is 6.21. The summed E-state index contributed by atoms with van der Waals surface area (Å²) in [6, 6.07) is 2.92. The number of hydrogen-bond acceptors (Lipinski definition) is 1. The third-order valence-electron chi connectivity index (χ3n) is 6.91. The third kappa shape index (κ3) is 1.51. The van der Waals surface area contributed by atoms with Gasteiger partial charge in [-0.15, -0.1) is 0 Å². The molecule has 1 aromatic heterocycles. The minimum Gasteiger partial charge on any atom is -0.345 e. The molecule has 0 aromatic carbocycles. The van der Waals surface area contributed by atoms with Gasteiger partial charge in [-0.1, -0.05) is 13.8 Å². The predicted octanol–water partition coefficient (Wildman–Crippen LogP) is 4.17. The van der Waals surface area contributed by atoms with Crippen LogP contribution in [-0.4, -0.2) is 10.4 Å². The van der Waals surface area contributed by atoms with Crippen LogP contribution in [0.2, 0.25) is 0 Å². The Hall–Kier alpha value is -1.05. The molecule has 4 aliphatic carbocycles. The third-order valence-corrected chi connectivity index (χ3v) is 6.91. The van der Waals surface area contributed by atoms with Crippen LogP contribution in [0.15, 0.2) is 6.07 Å². The molecule has 1 aromatic rings. The lowest BCUT2D eigenvalue weighted by Crippen LogP contribution is -2.28. The van der Waals surface area contributed by atoms with Gasteiger partial charge in [0.25, 0.3) is 0 Å². The average molecular weight is 283 g/mol. The van der Waals surface area contributed by atoms with E-state index >= 15 is 0 Å². The Balaban J connectivity index is 1.59. The van der Waals surface area contributed by atoms with Gasteiger partial charge in [-0.05, 0) is 67.8 Å². The van der Waals surface area contributed by atoms with Crippen LogP contribution >= 0.6 is 0 Å². The lowest BCUT2D eigenvalue weighted by molar-refractivity contribution is 0.0909. The Morgan fingerprint density at radius 2 is 1.81 bits per heavy atom. The number of rotatable bonds is 1. The van der Waals surface area contributed by atoms with Crippen LogP contribution in [0, 0.1) is 36.0 Å². The number of nitrogens with zero attached hydrogens (tertiary/aromatic N) is 1. The Morgan fingerprint density at radius 3 is 2.48 bits per heavy atom. The maximum Gasteiger partial charge on any atom is 0.165 e. The van der Waals surface area contributed by atoms with Crippen molar-refractivity contribution in [3.8, 4) is 0 Å². The number of ketones is 1. The van der Waals surface area contributed by atoms with Crippen molar-refractivity contribution in [2.24, 2.45) is 29.1 Å². The van der Waals surface area contributed by atoms with Crippen LogP contribution in [0.4, 0.5) is 0 Å². The van der Waals surface area contributed by atoms with Crippen molar-refractivity contribution in [3.05, 3.63) is 23.0 Å². The summed E-state index contributed by atoms with van der Waals surface area (Å²) in [7, 11) is 0. The van der Waals surface area contributed by atoms with E-state index in [1.807, 2.05) is 0 Å². The lowest BCUT2D eigenvalue weighted by Gasteiger charge is -2.30. The molecule has 0 amide bonds. The number of aryl methyl sites for hydroxylation is 1. The number of aromatic nitrogens is 1. The van der Waals surface area contributed by atoms with Crippen LogP contribution in [0.5, 0.6) is 0 Å². The van der Waals surface area contributed by atoms with E-state index in [9.17, 15) is 4.79 Å². The normalized spacial score (nSPS) is 42.0. The molecular weight excluding hydrogens is 258 g/mol. The standard InChI is InChI=1S/C19H25NO/c1-10-6-13-14(8-19(2,3)9-15(13)21)20(10)18-16-11-4-5-12(7-11)17(16)18/h6,11-12,16-18H,4-5,7-9H2,1-3H3. The van der Waals surface area contributed by atoms with Crippen LogP contribution < -0.4 is 0 Å². The first kappa shape index (κ1) is 12.5. The van der Waals surface area contributed by atoms with Crippen molar-refractivity contribution in [2.75, 3.05) is 0 Å². The maximum absolute atomic E-state index is 12.5. The van der Waals surface area contributed by atoms with E-state index < -0.39 is 0 Å². The van der Waals surface area contributed by atoms with E-state index in [4.69, 9.17) is 0 Å². The molecule has 3 fully saturated rings. The molecule has 2 bridgehead atoms. The van der Waals surface area contributed by atoms with Crippen molar-refractivity contribution in [3.63, 3.8) is 0 Å². The Labute approximate surface area is 126 Å². The molecular formula is C19H25NO. The van der Waals surface area contributed by atoms with Crippen molar-refractivity contribution in [2.45, 2.75) is 58.9 Å². The van der Waals surface area contributed by atoms with E-state index in [2.05, 4.69) is 31.4 Å². The fourth-order valence-electron chi connectivity index (χ4n) is 6.21. The summed E-state index contributed by atoms with van der Waals surface area (Å²) in [5, 5.41) is 0. The van der Waals surface area contributed by atoms with Crippen molar-refractivity contribution in [1.82, 2.24) is 4.57 Å². The summed E-state index contributed by atoms with van der Waals surface area (Å²) in [5.74, 6) is 4.25. The molecule has 112 valence electrons. The Kier molecular flexibility index (Phi) is 2.17. The summed E-state index contributed by atoms with van der Waals surface area (Å²) < 4.78 is 2.61. The largest absolute Gasteiger partial charge is 0.345 e. The van der Waals surface area contributed by atoms with E-state index in [0.29, 0.717) is 12.2 Å². The van der Waals surface area contributed by atoms with Gasteiger partial charge in [0.15, 0.2) is 5.78 Å². The number of Topliss-reactive ketones (excluding diaryl/α,β-unsaturated/α-hetero) is 1. The van der Waals surface area contributed by atoms with Gasteiger partial charge in [-0.3, -0.25) is 4.79 Å². The molecule has 21 heavy (non-hydrogen) atoms. The summed E-state index contributed by atoms with van der Waals surface area (Å²) in [6.45, 7) is 6.71. The van der Waals surface area contributed by atoms with Crippen LogP contribution in [0.1, 0.15) is 67.3 Å².